The molecule has 1 aromatic rings. The minimum atomic E-state index is 0.0941. The van der Waals surface area contributed by atoms with Crippen LogP contribution in [0.1, 0.15) is 25.3 Å². The molecule has 8 heteroatoms. The van der Waals surface area contributed by atoms with E-state index in [1.807, 2.05) is 24.4 Å². The topological polar surface area (TPSA) is 74.6 Å². The van der Waals surface area contributed by atoms with Crippen molar-refractivity contribution in [1.82, 2.24) is 5.01 Å². The van der Waals surface area contributed by atoms with E-state index in [0.717, 1.165) is 42.3 Å². The summed E-state index contributed by atoms with van der Waals surface area (Å²) in [6.07, 6.45) is 5.76. The zero-order chi connectivity index (χ0) is 18.0. The van der Waals surface area contributed by atoms with Crippen LogP contribution in [0, 0.1) is 17.1 Å². The van der Waals surface area contributed by atoms with Gasteiger partial charge in [-0.15, -0.1) is 11.3 Å². The fourth-order valence-corrected chi connectivity index (χ4v) is 4.43. The Hall–Kier alpha value is -1.75. The molecule has 2 aliphatic rings. The van der Waals surface area contributed by atoms with Crippen molar-refractivity contribution in [3.8, 4) is 5.97 Å². The zero-order valence-electron chi connectivity index (χ0n) is 14.3. The maximum atomic E-state index is 9.26. The number of halogens is 1. The summed E-state index contributed by atoms with van der Waals surface area (Å²) < 4.78 is 6.17. The lowest BCUT2D eigenvalue weighted by Gasteiger charge is -2.30. The summed E-state index contributed by atoms with van der Waals surface area (Å²) >= 11 is 7.77. The summed E-state index contributed by atoms with van der Waals surface area (Å²) in [7, 11) is 1.60. The molecule has 0 saturated carbocycles. The van der Waals surface area contributed by atoms with E-state index in [1.165, 1.54) is 16.3 Å². The first-order valence-corrected chi connectivity index (χ1v) is 9.53. The molecule has 0 spiro atoms. The molecule has 0 aliphatic carbocycles. The van der Waals surface area contributed by atoms with Crippen LogP contribution in [0.4, 0.5) is 0 Å². The van der Waals surface area contributed by atoms with Crippen LogP contribution in [0.2, 0.25) is 17.0 Å². The van der Waals surface area contributed by atoms with Gasteiger partial charge in [0.25, 0.3) is 6.71 Å². The summed E-state index contributed by atoms with van der Waals surface area (Å²) in [4.78, 5) is 4.83. The number of nitrogens with zero attached hydrogens (tertiary/aromatic N) is 3. The second-order valence-corrected chi connectivity index (χ2v) is 7.86. The first-order chi connectivity index (χ1) is 12.0. The van der Waals surface area contributed by atoms with Gasteiger partial charge >= 0.3 is 0 Å². The summed E-state index contributed by atoms with van der Waals surface area (Å²) in [5.74, 6) is 10.0. The molecule has 3 rings (SSSR count). The van der Waals surface area contributed by atoms with E-state index in [0.29, 0.717) is 16.0 Å². The van der Waals surface area contributed by atoms with Crippen molar-refractivity contribution in [2.75, 3.05) is 7.11 Å². The number of hydrogen-bond acceptors (Lipinski definition) is 6. The van der Waals surface area contributed by atoms with Crippen molar-refractivity contribution in [3.63, 3.8) is 0 Å². The summed E-state index contributed by atoms with van der Waals surface area (Å²) in [6, 6.07) is 1.97. The van der Waals surface area contributed by atoms with E-state index in [-0.39, 0.29) is 12.6 Å². The Morgan fingerprint density at radius 2 is 2.40 bits per heavy atom. The highest BCUT2D eigenvalue weighted by Crippen LogP contribution is 2.35. The average Bonchev–Trinajstić information content (AvgIpc) is 3.07. The van der Waals surface area contributed by atoms with Gasteiger partial charge in [-0.1, -0.05) is 30.7 Å². The lowest BCUT2D eigenvalue weighted by Crippen LogP contribution is -2.36. The van der Waals surface area contributed by atoms with Gasteiger partial charge in [-0.25, -0.2) is 21.1 Å². The number of methoxy groups -OCH3 is 1. The molecular weight excluding hydrogens is 355 g/mol. The van der Waals surface area contributed by atoms with Gasteiger partial charge in [0.15, 0.2) is 5.82 Å². The van der Waals surface area contributed by atoms with Gasteiger partial charge in [0.2, 0.25) is 5.88 Å². The third-order valence-electron chi connectivity index (χ3n) is 4.81. The van der Waals surface area contributed by atoms with Crippen LogP contribution in [-0.4, -0.2) is 24.5 Å². The smallest absolute Gasteiger partial charge is 0.268 e. The molecule has 2 aliphatic heterocycles. The van der Waals surface area contributed by atoms with Crippen molar-refractivity contribution in [1.29, 1.82) is 5.26 Å². The lowest BCUT2D eigenvalue weighted by atomic mass is 9.40. The van der Waals surface area contributed by atoms with Crippen LogP contribution >= 0.6 is 22.9 Å². The normalized spacial score (nSPS) is 22.9. The molecule has 1 unspecified atom stereocenters. The maximum absolute atomic E-state index is 9.26. The largest absolute Gasteiger partial charge is 0.481 e. The molecule has 1 saturated heterocycles. The first-order valence-electron chi connectivity index (χ1n) is 8.28. The molecule has 0 amide bonds. The van der Waals surface area contributed by atoms with Crippen LogP contribution in [-0.2, 0) is 4.74 Å². The molecule has 130 valence electrons. The third kappa shape index (κ3) is 3.62. The molecule has 0 aromatic carbocycles. The third-order valence-corrected chi connectivity index (χ3v) is 5.98. The second kappa shape index (κ2) is 7.65. The number of ether oxygens (including phenoxy) is 1. The van der Waals surface area contributed by atoms with E-state index < -0.39 is 0 Å². The van der Waals surface area contributed by atoms with Gasteiger partial charge in [-0.3, -0.25) is 0 Å². The zero-order valence-corrected chi connectivity index (χ0v) is 15.9. The van der Waals surface area contributed by atoms with Crippen molar-refractivity contribution in [2.45, 2.75) is 32.4 Å². The fraction of sp³-hybridized carbons (Fsp3) is 0.412. The number of aliphatic imine (C=N–C) groups is 1. The molecule has 25 heavy (non-hydrogen) atoms. The number of nitrogens with two attached hydrogens (primary N) is 1. The predicted octanol–water partition coefficient (Wildman–Crippen LogP) is 4.18. The van der Waals surface area contributed by atoms with E-state index >= 15 is 0 Å². The minimum Gasteiger partial charge on any atom is -0.481 e. The summed E-state index contributed by atoms with van der Waals surface area (Å²) in [5.41, 5.74) is 2.76. The Morgan fingerprint density at radius 1 is 1.60 bits per heavy atom. The molecule has 5 nitrogen and oxygen atoms in total. The van der Waals surface area contributed by atoms with Crippen LogP contribution in [0.5, 0.6) is 0 Å². The van der Waals surface area contributed by atoms with Crippen molar-refractivity contribution >= 4 is 40.9 Å². The molecule has 1 aromatic heterocycles. The SMILES string of the molecule is COC1=CC(C2CCCB(C#N)C2)=N/C(=C(/C)c2ccsc2Cl)N1N. The number of rotatable bonds is 3. The Balaban J connectivity index is 2.01. The van der Waals surface area contributed by atoms with Crippen molar-refractivity contribution in [3.05, 3.63) is 39.1 Å². The first kappa shape index (κ1) is 18.1. The second-order valence-electron chi connectivity index (χ2n) is 6.34. The highest BCUT2D eigenvalue weighted by atomic mass is 35.5. The highest BCUT2D eigenvalue weighted by molar-refractivity contribution is 7.14. The van der Waals surface area contributed by atoms with E-state index in [1.54, 1.807) is 7.11 Å². The number of hydrogen-bond donors (Lipinski definition) is 1. The van der Waals surface area contributed by atoms with Gasteiger partial charge < -0.3 is 4.74 Å². The van der Waals surface area contributed by atoms with E-state index in [4.69, 9.17) is 27.2 Å². The quantitative estimate of drug-likeness (QED) is 0.636. The Bertz CT molecular complexity index is 795. The Kier molecular flexibility index (Phi) is 5.53. The van der Waals surface area contributed by atoms with E-state index in [2.05, 4.69) is 5.97 Å². The van der Waals surface area contributed by atoms with Gasteiger partial charge in [-0.2, -0.15) is 0 Å². The van der Waals surface area contributed by atoms with Crippen LogP contribution in [0.15, 0.2) is 34.2 Å². The number of nitriles is 1. The predicted molar refractivity (Wildman–Crippen MR) is 104 cm³/mol. The molecule has 3 heterocycles. The molecule has 0 bridgehead atoms. The Labute approximate surface area is 157 Å². The van der Waals surface area contributed by atoms with Crippen LogP contribution < -0.4 is 5.84 Å². The molecular formula is C17H20BClN4OS. The molecule has 0 radical (unpaired) electrons. The van der Waals surface area contributed by atoms with Crippen molar-refractivity contribution in [2.24, 2.45) is 16.8 Å². The fourth-order valence-electron chi connectivity index (χ4n) is 3.40. The minimum absolute atomic E-state index is 0.0941. The van der Waals surface area contributed by atoms with Gasteiger partial charge in [0, 0.05) is 23.2 Å². The highest BCUT2D eigenvalue weighted by Gasteiger charge is 2.31. The standard InChI is InChI=1S/C17H20BClN4OS/c1-11(13-5-7-25-16(13)19)17-22-14(8-15(24-2)23(17)21)12-4-3-6-18(9-12)10-20/h5,7-8,12H,3-4,6,9,21H2,1-2H3/b17-11+. The van der Waals surface area contributed by atoms with Crippen molar-refractivity contribution < 1.29 is 4.74 Å². The number of thiophene rings is 1. The average molecular weight is 375 g/mol. The summed E-state index contributed by atoms with van der Waals surface area (Å²) in [6.45, 7) is 2.05. The van der Waals surface area contributed by atoms with E-state index in [9.17, 15) is 5.26 Å². The van der Waals surface area contributed by atoms with Gasteiger partial charge in [0.1, 0.15) is 4.34 Å². The van der Waals surface area contributed by atoms with Crippen LogP contribution in [0.3, 0.4) is 0 Å². The number of hydrazine groups is 1. The lowest BCUT2D eigenvalue weighted by molar-refractivity contribution is 0.178. The summed E-state index contributed by atoms with van der Waals surface area (Å²) in [5, 5.41) is 12.7. The monoisotopic (exact) mass is 374 g/mol. The number of allylic oxidation sites excluding steroid dienone is 2. The maximum Gasteiger partial charge on any atom is 0.268 e. The molecule has 2 N–H and O–H groups in total. The Morgan fingerprint density at radius 3 is 3.04 bits per heavy atom. The van der Waals surface area contributed by atoms with Gasteiger partial charge in [-0.05, 0) is 30.7 Å². The molecule has 1 atom stereocenters. The van der Waals surface area contributed by atoms with Gasteiger partial charge in [0.05, 0.1) is 12.8 Å². The van der Waals surface area contributed by atoms with Crippen LogP contribution in [0.25, 0.3) is 5.57 Å². The molecule has 1 fully saturated rings.